The summed E-state index contributed by atoms with van der Waals surface area (Å²) in [5, 5.41) is 24.4. The van der Waals surface area contributed by atoms with Crippen LogP contribution in [0.2, 0.25) is 0 Å². The molecule has 0 bridgehead atoms. The first-order valence-electron chi connectivity index (χ1n) is 33.5. The predicted octanol–water partition coefficient (Wildman–Crippen LogP) is 27.0. The fourth-order valence-corrected chi connectivity index (χ4v) is 16.9. The Labute approximate surface area is 556 Å². The fourth-order valence-electron chi connectivity index (χ4n) is 16.9. The van der Waals surface area contributed by atoms with Crippen molar-refractivity contribution in [2.45, 2.75) is 0 Å². The van der Waals surface area contributed by atoms with E-state index in [0.29, 0.717) is 0 Å². The van der Waals surface area contributed by atoms with E-state index in [0.717, 1.165) is 0 Å². The van der Waals surface area contributed by atoms with Crippen LogP contribution in [0, 0.1) is 0 Å². The number of hydrogen-bond donors (Lipinski definition) is 0. The van der Waals surface area contributed by atoms with E-state index in [4.69, 9.17) is 0 Å². The highest BCUT2D eigenvalue weighted by atomic mass is 14.3. The average molecular weight is 1210 g/mol. The van der Waals surface area contributed by atoms with Crippen LogP contribution in [-0.2, 0) is 0 Å². The Hall–Kier alpha value is -12.5. The molecule has 0 fully saturated rings. The molecular weight excluding hydrogens is 1150 g/mol. The zero-order chi connectivity index (χ0) is 63.0. The van der Waals surface area contributed by atoms with E-state index in [2.05, 4.69) is 352 Å². The minimum atomic E-state index is 1.32. The van der Waals surface area contributed by atoms with Gasteiger partial charge in [-0.2, -0.15) is 0 Å². The molecule has 96 heavy (non-hydrogen) atoms. The van der Waals surface area contributed by atoms with E-state index >= 15 is 0 Å². The molecule has 0 nitrogen and oxygen atoms in total. The molecule has 0 aliphatic heterocycles. The maximum Gasteiger partial charge on any atom is -0.00143 e. The minimum Gasteiger partial charge on any atom is -0.0616 e. The third-order valence-electron chi connectivity index (χ3n) is 20.9. The van der Waals surface area contributed by atoms with Crippen LogP contribution in [0.4, 0.5) is 0 Å². The smallest absolute Gasteiger partial charge is 0.00143 e. The van der Waals surface area contributed by atoms with Gasteiger partial charge < -0.3 is 0 Å². The van der Waals surface area contributed by atoms with Gasteiger partial charge in [-0.25, -0.2) is 0 Å². The van der Waals surface area contributed by atoms with Crippen molar-refractivity contribution in [2.24, 2.45) is 0 Å². The van der Waals surface area contributed by atoms with E-state index in [9.17, 15) is 0 Å². The molecule has 0 N–H and O–H groups in total. The molecule has 442 valence electrons. The van der Waals surface area contributed by atoms with Gasteiger partial charge in [0.1, 0.15) is 0 Å². The van der Waals surface area contributed by atoms with E-state index in [-0.39, 0.29) is 0 Å². The largest absolute Gasteiger partial charge is 0.0616 e. The topological polar surface area (TPSA) is 0 Å². The first-order chi connectivity index (χ1) is 47.7. The normalized spacial score (nSPS) is 12.0. The lowest BCUT2D eigenvalue weighted by Gasteiger charge is -2.07. The van der Waals surface area contributed by atoms with Gasteiger partial charge in [-0.15, -0.1) is 0 Å². The summed E-state index contributed by atoms with van der Waals surface area (Å²) in [5.41, 5.74) is 27.5. The molecule has 0 radical (unpaired) electrons. The molecule has 0 saturated carbocycles. The molecule has 5 aliphatic carbocycles. The highest BCUT2D eigenvalue weighted by Gasteiger charge is 2.27. The van der Waals surface area contributed by atoms with Gasteiger partial charge in [0.25, 0.3) is 0 Å². The molecule has 0 spiro atoms. The van der Waals surface area contributed by atoms with Gasteiger partial charge in [0, 0.05) is 0 Å². The van der Waals surface area contributed by atoms with Crippen LogP contribution >= 0.6 is 0 Å². The third-order valence-corrected chi connectivity index (χ3v) is 20.9. The highest BCUT2D eigenvalue weighted by molar-refractivity contribution is 6.26. The second-order valence-corrected chi connectivity index (χ2v) is 26.0. The minimum absolute atomic E-state index is 1.32. The lowest BCUT2D eigenvalue weighted by atomic mass is 9.96. The summed E-state index contributed by atoms with van der Waals surface area (Å²) in [6.07, 6.45) is 0. The van der Waals surface area contributed by atoms with Crippen molar-refractivity contribution in [3.63, 3.8) is 0 Å². The Morgan fingerprint density at radius 3 is 0.938 bits per heavy atom. The Balaban J connectivity index is 0.0000000822. The molecule has 19 aromatic rings. The van der Waals surface area contributed by atoms with Crippen LogP contribution in [-0.4, -0.2) is 0 Å². The first kappa shape index (κ1) is 54.1. The van der Waals surface area contributed by atoms with Crippen molar-refractivity contribution in [1.29, 1.82) is 0 Å². The van der Waals surface area contributed by atoms with E-state index in [1.54, 1.807) is 0 Å². The van der Waals surface area contributed by atoms with Crippen molar-refractivity contribution in [3.8, 4) is 111 Å². The lowest BCUT2D eigenvalue weighted by molar-refractivity contribution is 1.70. The van der Waals surface area contributed by atoms with Gasteiger partial charge >= 0.3 is 0 Å². The van der Waals surface area contributed by atoms with E-state index in [1.165, 1.54) is 208 Å². The molecule has 0 heterocycles. The van der Waals surface area contributed by atoms with Crippen LogP contribution in [0.15, 0.2) is 352 Å². The molecule has 5 aliphatic rings. The summed E-state index contributed by atoms with van der Waals surface area (Å²) in [7, 11) is 0. The molecule has 0 heteroatoms. The number of benzene rings is 19. The zero-order valence-electron chi connectivity index (χ0n) is 52.5. The lowest BCUT2D eigenvalue weighted by Crippen LogP contribution is -1.80. The molecule has 0 unspecified atom stereocenters. The van der Waals surface area contributed by atoms with Crippen molar-refractivity contribution in [2.75, 3.05) is 0 Å². The third kappa shape index (κ3) is 8.22. The van der Waals surface area contributed by atoms with Gasteiger partial charge in [0.2, 0.25) is 0 Å². The van der Waals surface area contributed by atoms with Gasteiger partial charge in [0.15, 0.2) is 0 Å². The van der Waals surface area contributed by atoms with Crippen LogP contribution in [0.3, 0.4) is 0 Å². The highest BCUT2D eigenvalue weighted by Crippen LogP contribution is 2.54. The van der Waals surface area contributed by atoms with Crippen LogP contribution in [0.5, 0.6) is 0 Å². The summed E-state index contributed by atoms with van der Waals surface area (Å²) in [4.78, 5) is 0. The quantitative estimate of drug-likeness (QED) is 0.105. The molecule has 24 rings (SSSR count). The predicted molar refractivity (Wildman–Crippen MR) is 412 cm³/mol. The van der Waals surface area contributed by atoms with Gasteiger partial charge in [-0.3, -0.25) is 0 Å². The second kappa shape index (κ2) is 21.6. The van der Waals surface area contributed by atoms with Crippen molar-refractivity contribution < 1.29 is 0 Å². The molecule has 0 saturated heterocycles. The zero-order valence-corrected chi connectivity index (χ0v) is 52.5. The van der Waals surface area contributed by atoms with E-state index < -0.39 is 0 Å². The average Bonchev–Trinajstić information content (AvgIpc) is 1.60. The maximum atomic E-state index is 2.34. The number of fused-ring (bicyclic) bond motifs is 22. The summed E-state index contributed by atoms with van der Waals surface area (Å²) < 4.78 is 0. The van der Waals surface area contributed by atoms with Crippen LogP contribution < -0.4 is 0 Å². The second-order valence-electron chi connectivity index (χ2n) is 26.0. The van der Waals surface area contributed by atoms with E-state index in [1.807, 2.05) is 0 Å². The van der Waals surface area contributed by atoms with Crippen LogP contribution in [0.1, 0.15) is 0 Å². The molecule has 0 aromatic heterocycles. The van der Waals surface area contributed by atoms with Crippen molar-refractivity contribution in [1.82, 2.24) is 0 Å². The SMILES string of the molecule is c1ccc2c(c1)-c1cccc3c1c-2cc1ccccc13.c1ccc2c(c1)-c1cccc3cc4ccccc4c-2c13.c1ccc2c(c1)-c1cccc3cccc-2c13.c1ccc2c3c(ccc2c1)-c1cccc2cccc-3c12.c1ccc2cc3c(cc2c1)-c1cccc2cccc-3c12. The monoisotopic (exact) mass is 1210 g/mol. The van der Waals surface area contributed by atoms with Crippen molar-refractivity contribution in [3.05, 3.63) is 352 Å². The Kier molecular flexibility index (Phi) is 12.1. The maximum absolute atomic E-state index is 2.34. The van der Waals surface area contributed by atoms with Gasteiger partial charge in [0.05, 0.1) is 0 Å². The van der Waals surface area contributed by atoms with Crippen LogP contribution in [0.25, 0.3) is 208 Å². The fraction of sp³-hybridized carbons (Fsp3) is 0. The molecule has 0 atom stereocenters. The molecule has 19 aromatic carbocycles. The summed E-state index contributed by atoms with van der Waals surface area (Å²) in [5.74, 6) is 0. The molecule has 0 amide bonds. The first-order valence-corrected chi connectivity index (χ1v) is 33.5. The summed E-state index contributed by atoms with van der Waals surface area (Å²) >= 11 is 0. The molecular formula is C96H58. The number of rotatable bonds is 0. The Bertz CT molecular complexity index is 6340. The van der Waals surface area contributed by atoms with Gasteiger partial charge in [-0.05, 0) is 232 Å². The Morgan fingerprint density at radius 2 is 0.406 bits per heavy atom. The van der Waals surface area contributed by atoms with Gasteiger partial charge in [-0.1, -0.05) is 328 Å². The number of hydrogen-bond acceptors (Lipinski definition) is 0. The summed E-state index contributed by atoms with van der Waals surface area (Å²) in [6, 6.07) is 127. The van der Waals surface area contributed by atoms with Crippen molar-refractivity contribution >= 4 is 97.0 Å². The standard InChI is InChI=1S/4C20H12.C16H10/c1-2-8-15-13(5-1)11-12-17-16-9-3-6-14-7-4-10-18(19(14)16)20(15)17;1-2-6-15-12-19-17-10-4-8-13-7-3-9-16(20(13)17)18(19)11-14(15)5-1;1-2-8-15-13(6-1)12-14-7-5-11-17-16-9-3-4-10-18(16)20(15)19(14)17;1-2-7-14-13(6-1)12-19-16-9-4-3-8-15(16)18-11-5-10-17(14)20(18)19;1-2-8-13-12(7-1)14-9-3-5-11-6-4-10-15(13)16(11)14/h4*1-12H;1-10H. The Morgan fingerprint density at radius 1 is 0.104 bits per heavy atom. The summed E-state index contributed by atoms with van der Waals surface area (Å²) in [6.45, 7) is 0.